The van der Waals surface area contributed by atoms with Gasteiger partial charge in [-0.05, 0) is 162 Å². The van der Waals surface area contributed by atoms with Crippen molar-refractivity contribution in [3.63, 3.8) is 0 Å². The smallest absolute Gasteiger partial charge is 0.246 e. The molecule has 3 aliphatic heterocycles. The largest absolute Gasteiger partial charge is 0.393 e. The first-order valence-electron chi connectivity index (χ1n) is 29.5. The van der Waals surface area contributed by atoms with E-state index in [1.807, 2.05) is 22.0 Å². The quantitative estimate of drug-likeness (QED) is 0.0228. The third-order valence-electron chi connectivity index (χ3n) is 20.1. The Labute approximate surface area is 461 Å². The third kappa shape index (κ3) is 13.1. The zero-order valence-electron chi connectivity index (χ0n) is 44.9. The third-order valence-corrected chi connectivity index (χ3v) is 20.9. The van der Waals surface area contributed by atoms with Gasteiger partial charge in [0.05, 0.1) is 18.8 Å². The van der Waals surface area contributed by atoms with Crippen molar-refractivity contribution in [2.45, 2.75) is 178 Å². The molecule has 0 aromatic heterocycles. The molecule has 0 bridgehead atoms. The number of alkyl halides is 1. The lowest BCUT2D eigenvalue weighted by atomic mass is 9.60. The molecule has 8 amide bonds. The molecule has 77 heavy (non-hydrogen) atoms. The van der Waals surface area contributed by atoms with Crippen LogP contribution in [0.2, 0.25) is 0 Å². The molecular weight excluding hydrogens is 1030 g/mol. The van der Waals surface area contributed by atoms with Gasteiger partial charge in [0.1, 0.15) is 5.41 Å². The lowest BCUT2D eigenvalue weighted by Crippen LogP contribution is -2.56. The molecule has 20 heteroatoms. The van der Waals surface area contributed by atoms with Crippen LogP contribution in [0.1, 0.15) is 148 Å². The van der Waals surface area contributed by atoms with E-state index < -0.39 is 32.4 Å². The highest BCUT2D eigenvalue weighted by atomic mass is 35.5. The number of nitrogens with zero attached hydrogens (tertiary/aromatic N) is 3. The Balaban J connectivity index is 0.776. The van der Waals surface area contributed by atoms with Crippen LogP contribution in [0.4, 0.5) is 0 Å². The van der Waals surface area contributed by atoms with Crippen molar-refractivity contribution >= 4 is 67.9 Å². The number of carbonyl (C=O) groups is 8. The Morgan fingerprint density at radius 3 is 2.13 bits per heavy atom. The molecule has 0 radical (unpaired) electrons. The Morgan fingerprint density at radius 2 is 1.40 bits per heavy atom. The Kier molecular flexibility index (Phi) is 19.9. The van der Waals surface area contributed by atoms with Crippen LogP contribution in [-0.2, 0) is 42.9 Å². The van der Waals surface area contributed by atoms with E-state index in [-0.39, 0.29) is 110 Å². The number of fused-ring (bicyclic) bond motifs is 6. The maximum atomic E-state index is 14.2. The number of hydrogen-bond donors (Lipinski definition) is 6. The number of aliphatic hydroxyl groups is 1. The number of carbonyl (C=O) groups excluding carboxylic acids is 8. The van der Waals surface area contributed by atoms with Crippen LogP contribution in [0.15, 0.2) is 24.3 Å². The fourth-order valence-corrected chi connectivity index (χ4v) is 16.7. The number of allylic oxidation sites excluding steroid dienone is 1. The van der Waals surface area contributed by atoms with E-state index in [1.54, 1.807) is 12.2 Å². The van der Waals surface area contributed by atoms with Crippen LogP contribution in [0, 0.1) is 58.7 Å². The van der Waals surface area contributed by atoms with Gasteiger partial charge in [0.15, 0.2) is 9.03 Å². The number of rotatable bonds is 21. The van der Waals surface area contributed by atoms with Crippen LogP contribution >= 0.6 is 20.6 Å². The lowest BCUT2D eigenvalue weighted by Gasteiger charge is -2.49. The van der Waals surface area contributed by atoms with Gasteiger partial charge >= 0.3 is 0 Å². The minimum absolute atomic E-state index is 0.00848. The zero-order chi connectivity index (χ0) is 54.2. The highest BCUT2D eigenvalue weighted by Gasteiger charge is 2.55. The van der Waals surface area contributed by atoms with Crippen LogP contribution in [0.25, 0.3) is 0 Å². The lowest BCUT2D eigenvalue weighted by molar-refractivity contribution is -0.150. The topological polar surface area (TPSA) is 244 Å². The van der Waals surface area contributed by atoms with E-state index in [9.17, 15) is 48.4 Å². The summed E-state index contributed by atoms with van der Waals surface area (Å²) in [6, 6.07) is -0.353. The number of amides is 8. The van der Waals surface area contributed by atoms with E-state index in [1.165, 1.54) is 11.3 Å². The predicted molar refractivity (Wildman–Crippen MR) is 289 cm³/mol. The van der Waals surface area contributed by atoms with Crippen LogP contribution in [0.3, 0.4) is 0 Å². The van der Waals surface area contributed by atoms with Crippen molar-refractivity contribution in [1.29, 1.82) is 0 Å². The number of aliphatic hydroxyl groups excluding tert-OH is 1. The molecular formula is C57H85ClN7O11P. The van der Waals surface area contributed by atoms with Crippen molar-refractivity contribution in [3.05, 3.63) is 24.3 Å². The number of unbranched alkanes of at least 4 members (excludes halogenated alkanes) is 2. The van der Waals surface area contributed by atoms with E-state index in [0.29, 0.717) is 132 Å². The summed E-state index contributed by atoms with van der Waals surface area (Å²) in [6.07, 6.45) is 23.8. The normalized spacial score (nSPS) is 34.6. The van der Waals surface area contributed by atoms with Gasteiger partial charge in [-0.3, -0.25) is 43.3 Å². The fourth-order valence-electron chi connectivity index (χ4n) is 16.0. The average molecular weight is 1110 g/mol. The Bertz CT molecular complexity index is 2220. The molecule has 0 aromatic rings. The van der Waals surface area contributed by atoms with E-state index in [2.05, 4.69) is 21.3 Å². The molecule has 14 unspecified atom stereocenters. The second kappa shape index (κ2) is 26.5. The summed E-state index contributed by atoms with van der Waals surface area (Å²) >= 11 is 6.62. The molecule has 0 aromatic carbocycles. The van der Waals surface area contributed by atoms with Gasteiger partial charge in [-0.25, -0.2) is 0 Å². The first-order valence-corrected chi connectivity index (χ1v) is 30.9. The monoisotopic (exact) mass is 1110 g/mol. The fraction of sp³-hybridized carbons (Fsp3) is 0.789. The van der Waals surface area contributed by atoms with Gasteiger partial charge in [-0.1, -0.05) is 44.3 Å². The van der Waals surface area contributed by atoms with Crippen LogP contribution in [0.5, 0.6) is 0 Å². The number of nitrogens with one attached hydrogen (secondary N) is 4. The number of imide groups is 1. The maximum absolute atomic E-state index is 14.2. The molecule has 426 valence electrons. The van der Waals surface area contributed by atoms with Gasteiger partial charge < -0.3 is 45.6 Å². The summed E-state index contributed by atoms with van der Waals surface area (Å²) in [6.45, 7) is 1.62. The van der Waals surface area contributed by atoms with Gasteiger partial charge in [-0.15, -0.1) is 11.6 Å². The van der Waals surface area contributed by atoms with Gasteiger partial charge in [0.2, 0.25) is 47.3 Å². The first-order chi connectivity index (χ1) is 37.3. The van der Waals surface area contributed by atoms with Gasteiger partial charge in [0.25, 0.3) is 0 Å². The predicted octanol–water partition coefficient (Wildman–Crippen LogP) is 4.79. The summed E-state index contributed by atoms with van der Waals surface area (Å²) in [7, 11) is -0.596. The molecule has 15 atom stereocenters. The molecule has 3 heterocycles. The number of likely N-dealkylation sites (tertiary alicyclic amines) is 3. The summed E-state index contributed by atoms with van der Waals surface area (Å²) in [5.41, 5.74) is -1.25. The molecule has 9 rings (SSSR count). The number of halogens is 1. The molecule has 0 spiro atoms. The highest BCUT2D eigenvalue weighted by molar-refractivity contribution is 7.25. The van der Waals surface area contributed by atoms with Gasteiger partial charge in [-0.2, -0.15) is 0 Å². The molecule has 6 saturated carbocycles. The summed E-state index contributed by atoms with van der Waals surface area (Å²) in [5.74, 6) is 0.620. The molecule has 18 nitrogen and oxygen atoms in total. The van der Waals surface area contributed by atoms with E-state index in [4.69, 9.17) is 16.1 Å². The van der Waals surface area contributed by atoms with Crippen molar-refractivity contribution in [2.75, 3.05) is 45.1 Å². The average Bonchev–Trinajstić information content (AvgIpc) is 4.16. The van der Waals surface area contributed by atoms with Crippen molar-refractivity contribution in [1.82, 2.24) is 36.0 Å². The first kappa shape index (κ1) is 57.7. The summed E-state index contributed by atoms with van der Waals surface area (Å²) in [4.78, 5) is 120. The van der Waals surface area contributed by atoms with Gasteiger partial charge in [0, 0.05) is 76.0 Å². The number of hydrogen-bond acceptors (Lipinski definition) is 11. The minimum atomic E-state index is -1.25. The van der Waals surface area contributed by atoms with E-state index in [0.717, 1.165) is 57.8 Å². The second-order valence-corrected chi connectivity index (χ2v) is 24.9. The highest BCUT2D eigenvalue weighted by Crippen LogP contribution is 2.53. The Morgan fingerprint density at radius 1 is 0.701 bits per heavy atom. The van der Waals surface area contributed by atoms with Crippen molar-refractivity contribution < 1.29 is 52.9 Å². The molecule has 6 N–H and O–H groups in total. The molecule has 9 aliphatic rings. The summed E-state index contributed by atoms with van der Waals surface area (Å²) < 4.78 is 5.95. The standard InChI is InChI=1S/C57H85ClN7O11P/c58-32-37-34-65(45-31-47(76-77-75)41-11-4-5-12-42(41)54(37)45)53(72)17-14-35-13-15-36(16-18-50(69)63-28-22-39-38-9-2-3-10-40(38)46(66)30-44(39)63)43(29-35)62-48(67)21-26-59-49(68)33-61-56(74)57(23-8-24-57)55(73)60-25-6-1-7-27-64-51(70)19-20-52(64)71/h14,16-18,35-47,54,66,75,77H,1-13,15,19-34H2,(H,59,68)(H,60,73)(H,61,74)(H,62,67)/b17-14+,18-16+/t35?,36?,37-,38?,39?,40?,41?,42?,43?,44?,45?,46?,47?,54?/m1/s1. The van der Waals surface area contributed by atoms with Crippen LogP contribution < -0.4 is 21.3 Å². The minimum Gasteiger partial charge on any atom is -0.393 e. The maximum Gasteiger partial charge on any atom is 0.246 e. The molecule has 6 aliphatic carbocycles. The molecule has 3 saturated heterocycles. The SMILES string of the molecule is O=C(CNC(=O)C1(C(=O)NCCCCCN2C(=O)CCC2=O)CCC1)NCCC(=O)NC1CC(/C=C/C(=O)N2C[C@@H](CCl)C3C4CCCCC4C(OPO)CC32)CCC1/C=C/C(=O)N1CCC2C3CCCCC3C(O)CC21. The zero-order valence-corrected chi connectivity index (χ0v) is 46.6. The van der Waals surface area contributed by atoms with Crippen LogP contribution in [-0.4, -0.2) is 147 Å². The second-order valence-electron chi connectivity index (χ2n) is 24.2. The Hall–Kier alpha value is -3.96. The summed E-state index contributed by atoms with van der Waals surface area (Å²) in [5, 5.41) is 22.6. The van der Waals surface area contributed by atoms with E-state index >= 15 is 0 Å². The van der Waals surface area contributed by atoms with Crippen molar-refractivity contribution in [2.24, 2.45) is 58.7 Å². The van der Waals surface area contributed by atoms with Crippen molar-refractivity contribution in [3.8, 4) is 0 Å². The molecule has 9 fully saturated rings.